The number of fused-ring (bicyclic) bond motifs is 1. The number of nitriles is 1. The van der Waals surface area contributed by atoms with Crippen molar-refractivity contribution in [3.05, 3.63) is 74.8 Å². The smallest absolute Gasteiger partial charge is 0.267 e. The van der Waals surface area contributed by atoms with Gasteiger partial charge in [-0.25, -0.2) is 13.8 Å². The summed E-state index contributed by atoms with van der Waals surface area (Å²) in [6.45, 7) is -0.106. The fourth-order valence-electron chi connectivity index (χ4n) is 3.58. The van der Waals surface area contributed by atoms with Crippen LogP contribution in [-0.4, -0.2) is 33.2 Å². The van der Waals surface area contributed by atoms with Crippen molar-refractivity contribution in [1.82, 2.24) is 19.5 Å². The van der Waals surface area contributed by atoms with Gasteiger partial charge in [0.15, 0.2) is 5.82 Å². The fraction of sp³-hybridized carbons (Fsp3) is 0.136. The molecule has 0 aliphatic carbocycles. The monoisotopic (exact) mass is 498 g/mol. The lowest BCUT2D eigenvalue weighted by Crippen LogP contribution is -2.31. The molecule has 0 radical (unpaired) electrons. The largest absolute Gasteiger partial charge is 0.382 e. The summed E-state index contributed by atoms with van der Waals surface area (Å²) >= 11 is 6.26. The number of ether oxygens (including phenoxy) is 1. The minimum Gasteiger partial charge on any atom is -0.382 e. The van der Waals surface area contributed by atoms with Crippen LogP contribution in [0.1, 0.15) is 17.4 Å². The molecule has 0 fully saturated rings. The van der Waals surface area contributed by atoms with Gasteiger partial charge in [-0.2, -0.15) is 15.2 Å². The summed E-state index contributed by atoms with van der Waals surface area (Å²) in [4.78, 5) is 25.9. The van der Waals surface area contributed by atoms with E-state index in [1.165, 1.54) is 13.2 Å². The number of anilines is 3. The number of nitrogens with one attached hydrogen (secondary N) is 1. The molecular weight excluding hydrogens is 482 g/mol. The van der Waals surface area contributed by atoms with Crippen molar-refractivity contribution in [2.75, 3.05) is 30.5 Å². The Bertz CT molecular complexity index is 1530. The maximum Gasteiger partial charge on any atom is 0.267 e. The average molecular weight is 499 g/mol. The van der Waals surface area contributed by atoms with Crippen LogP contribution in [-0.2, 0) is 4.74 Å². The first kappa shape index (κ1) is 23.8. The van der Waals surface area contributed by atoms with Crippen LogP contribution in [0.15, 0.2) is 41.2 Å². The third-order valence-corrected chi connectivity index (χ3v) is 5.32. The van der Waals surface area contributed by atoms with Crippen molar-refractivity contribution in [3.63, 3.8) is 0 Å². The zero-order valence-electron chi connectivity index (χ0n) is 18.1. The Balaban J connectivity index is 2.02. The highest BCUT2D eigenvalue weighted by atomic mass is 35.5. The molecule has 0 bridgehead atoms. The Morgan fingerprint density at radius 1 is 1.20 bits per heavy atom. The Morgan fingerprint density at radius 2 is 1.91 bits per heavy atom. The van der Waals surface area contributed by atoms with Gasteiger partial charge in [-0.15, -0.1) is 0 Å². The van der Waals surface area contributed by atoms with E-state index < -0.39 is 23.2 Å². The number of methoxy groups -OCH3 is 1. The summed E-state index contributed by atoms with van der Waals surface area (Å²) in [6.07, 6.45) is 0. The number of hydrogen-bond donors (Lipinski definition) is 3. The Kier molecular flexibility index (Phi) is 6.46. The molecule has 2 aromatic heterocycles. The number of nitrogens with zero attached hydrogens (tertiary/aromatic N) is 5. The third-order valence-electron chi connectivity index (χ3n) is 5.00. The van der Waals surface area contributed by atoms with Gasteiger partial charge in [0.2, 0.25) is 5.95 Å². The Labute approximate surface area is 201 Å². The lowest BCUT2D eigenvalue weighted by atomic mass is 10.1. The highest BCUT2D eigenvalue weighted by Gasteiger charge is 2.25. The molecule has 0 saturated heterocycles. The van der Waals surface area contributed by atoms with Gasteiger partial charge in [-0.3, -0.25) is 9.36 Å². The summed E-state index contributed by atoms with van der Waals surface area (Å²) in [5.74, 6) is -2.23. The first-order valence-corrected chi connectivity index (χ1v) is 10.4. The van der Waals surface area contributed by atoms with Gasteiger partial charge in [0, 0.05) is 13.2 Å². The molecule has 35 heavy (non-hydrogen) atoms. The van der Waals surface area contributed by atoms with E-state index in [0.717, 1.165) is 16.7 Å². The molecule has 0 saturated carbocycles. The van der Waals surface area contributed by atoms with Gasteiger partial charge < -0.3 is 21.5 Å². The quantitative estimate of drug-likeness (QED) is 0.363. The van der Waals surface area contributed by atoms with Gasteiger partial charge in [0.25, 0.3) is 5.56 Å². The van der Waals surface area contributed by atoms with Crippen molar-refractivity contribution in [3.8, 4) is 11.8 Å². The molecule has 13 heteroatoms. The molecule has 10 nitrogen and oxygen atoms in total. The van der Waals surface area contributed by atoms with Crippen molar-refractivity contribution in [2.24, 2.45) is 0 Å². The minimum atomic E-state index is -0.969. The maximum absolute atomic E-state index is 14.1. The maximum atomic E-state index is 14.1. The molecule has 0 unspecified atom stereocenters. The average Bonchev–Trinajstić information content (AvgIpc) is 2.77. The van der Waals surface area contributed by atoms with Crippen LogP contribution in [0.25, 0.3) is 16.6 Å². The zero-order chi connectivity index (χ0) is 25.3. The summed E-state index contributed by atoms with van der Waals surface area (Å²) in [5, 5.41) is 12.6. The van der Waals surface area contributed by atoms with E-state index in [9.17, 15) is 18.8 Å². The fourth-order valence-corrected chi connectivity index (χ4v) is 3.83. The molecule has 4 aromatic rings. The molecule has 0 aliphatic rings. The normalized spacial score (nSPS) is 11.9. The molecule has 0 spiro atoms. The molecule has 2 heterocycles. The van der Waals surface area contributed by atoms with Gasteiger partial charge in [0.05, 0.1) is 28.2 Å². The molecule has 5 N–H and O–H groups in total. The predicted octanol–water partition coefficient (Wildman–Crippen LogP) is 2.94. The number of halogens is 3. The van der Waals surface area contributed by atoms with Crippen LogP contribution in [0.4, 0.5) is 26.4 Å². The second-order valence-electron chi connectivity index (χ2n) is 7.33. The van der Waals surface area contributed by atoms with Gasteiger partial charge in [-0.1, -0.05) is 17.7 Å². The lowest BCUT2D eigenvalue weighted by Gasteiger charge is -2.23. The zero-order valence-corrected chi connectivity index (χ0v) is 18.8. The molecular formula is C22H17ClF2N8O2. The topological polar surface area (TPSA) is 158 Å². The second kappa shape index (κ2) is 9.49. The van der Waals surface area contributed by atoms with Gasteiger partial charge in [-0.05, 0) is 24.3 Å². The lowest BCUT2D eigenvalue weighted by molar-refractivity contribution is 0.183. The van der Waals surface area contributed by atoms with Gasteiger partial charge >= 0.3 is 0 Å². The number of rotatable bonds is 6. The number of benzene rings is 2. The van der Waals surface area contributed by atoms with Crippen molar-refractivity contribution < 1.29 is 13.5 Å². The van der Waals surface area contributed by atoms with Crippen molar-refractivity contribution in [1.29, 1.82) is 5.26 Å². The highest BCUT2D eigenvalue weighted by Crippen LogP contribution is 2.27. The van der Waals surface area contributed by atoms with Crippen LogP contribution in [0.5, 0.6) is 0 Å². The van der Waals surface area contributed by atoms with E-state index in [2.05, 4.69) is 20.3 Å². The molecule has 4 rings (SSSR count). The van der Waals surface area contributed by atoms with E-state index >= 15 is 0 Å². The molecule has 1 atom stereocenters. The number of nitrogens with two attached hydrogens (primary N) is 2. The van der Waals surface area contributed by atoms with E-state index in [0.29, 0.717) is 6.07 Å². The van der Waals surface area contributed by atoms with Crippen molar-refractivity contribution >= 4 is 40.1 Å². The summed E-state index contributed by atoms with van der Waals surface area (Å²) < 4.78 is 34.6. The summed E-state index contributed by atoms with van der Waals surface area (Å²) in [7, 11) is 1.39. The first-order valence-electron chi connectivity index (χ1n) is 9.99. The summed E-state index contributed by atoms with van der Waals surface area (Å²) in [5.41, 5.74) is 10.8. The van der Waals surface area contributed by atoms with Gasteiger partial charge in [0.1, 0.15) is 41.0 Å². The van der Waals surface area contributed by atoms with E-state index in [1.807, 2.05) is 6.07 Å². The molecule has 178 valence electrons. The number of nitrogen functional groups attached to an aromatic ring is 2. The standard InChI is InChI=1S/C22H17ClF2N8O2/c1-35-9-16(29-19-13(8-26)18(27)31-22(28)32-19)20-30-15-4-2-3-14(23)17(15)21(34)33(20)12-6-10(24)5-11(25)7-12/h2-7,16H,9H2,1H3,(H5,27,28,29,31,32)/t16-/m0/s1. The third kappa shape index (κ3) is 4.54. The van der Waals surface area contributed by atoms with E-state index in [4.69, 9.17) is 27.8 Å². The minimum absolute atomic E-state index is 0.00346. The summed E-state index contributed by atoms with van der Waals surface area (Å²) in [6, 6.07) is 8.21. The van der Waals surface area contributed by atoms with Crippen LogP contribution in [0, 0.1) is 23.0 Å². The van der Waals surface area contributed by atoms with Crippen molar-refractivity contribution in [2.45, 2.75) is 6.04 Å². The Morgan fingerprint density at radius 3 is 2.57 bits per heavy atom. The van der Waals surface area contributed by atoms with Crippen LogP contribution >= 0.6 is 11.6 Å². The van der Waals surface area contributed by atoms with Crippen LogP contribution in [0.3, 0.4) is 0 Å². The first-order chi connectivity index (χ1) is 16.7. The van der Waals surface area contributed by atoms with Crippen LogP contribution < -0.4 is 22.3 Å². The molecule has 2 aromatic carbocycles. The van der Waals surface area contributed by atoms with E-state index in [1.54, 1.807) is 12.1 Å². The van der Waals surface area contributed by atoms with E-state index in [-0.39, 0.29) is 57.2 Å². The van der Waals surface area contributed by atoms with Crippen LogP contribution in [0.2, 0.25) is 5.02 Å². The predicted molar refractivity (Wildman–Crippen MR) is 126 cm³/mol. The SMILES string of the molecule is COC[C@H](Nc1nc(N)nc(N)c1C#N)c1nc2cccc(Cl)c2c(=O)n1-c1cc(F)cc(F)c1. The second-order valence-corrected chi connectivity index (χ2v) is 7.73. The Hall–Kier alpha value is -4.34. The molecule has 0 aliphatic heterocycles. The number of aromatic nitrogens is 4. The highest BCUT2D eigenvalue weighted by molar-refractivity contribution is 6.35. The number of hydrogen-bond acceptors (Lipinski definition) is 9. The molecule has 0 amide bonds.